The smallest absolute Gasteiger partial charge is 0.358 e. The van der Waals surface area contributed by atoms with E-state index in [0.717, 1.165) is 45.2 Å². The molecule has 3 rings (SSSR count). The molecule has 2 heterocycles. The third-order valence-electron chi connectivity index (χ3n) is 4.46. The van der Waals surface area contributed by atoms with Crippen LogP contribution in [0.15, 0.2) is 0 Å². The molecule has 0 bridgehead atoms. The lowest BCUT2D eigenvalue weighted by Crippen LogP contribution is -2.38. The normalized spacial score (nSPS) is 19.3. The molecule has 7 nitrogen and oxygen atoms in total. The van der Waals surface area contributed by atoms with Gasteiger partial charge >= 0.3 is 5.97 Å². The molecule has 7 heteroatoms. The maximum atomic E-state index is 12.3. The summed E-state index contributed by atoms with van der Waals surface area (Å²) in [5.74, 6) is -0.870. The minimum absolute atomic E-state index is 0.00569. The van der Waals surface area contributed by atoms with Crippen LogP contribution in [0.1, 0.15) is 60.6 Å². The Kier molecular flexibility index (Phi) is 3.90. The van der Waals surface area contributed by atoms with Crippen molar-refractivity contribution in [3.8, 4) is 0 Å². The van der Waals surface area contributed by atoms with Gasteiger partial charge in [-0.15, -0.1) is 5.10 Å². The number of carboxylic acids is 1. The number of aromatic nitrogens is 3. The standard InChI is InChI=1S/C14H20N4O3/c19-11(17-7-2-1-3-8-17)9-18-13(10-5-4-6-10)12(14(20)21)15-16-18/h10H,1-9H2,(H,20,21). The van der Waals surface area contributed by atoms with Crippen LogP contribution in [0, 0.1) is 0 Å². The van der Waals surface area contributed by atoms with E-state index in [1.165, 1.54) is 11.1 Å². The summed E-state index contributed by atoms with van der Waals surface area (Å²) in [4.78, 5) is 25.4. The molecule has 2 fully saturated rings. The molecular formula is C14H20N4O3. The van der Waals surface area contributed by atoms with Crippen LogP contribution in [-0.2, 0) is 11.3 Å². The maximum Gasteiger partial charge on any atom is 0.358 e. The lowest BCUT2D eigenvalue weighted by Gasteiger charge is -2.28. The molecule has 21 heavy (non-hydrogen) atoms. The van der Waals surface area contributed by atoms with E-state index >= 15 is 0 Å². The molecule has 1 aliphatic heterocycles. The molecule has 0 aromatic carbocycles. The molecule has 1 saturated carbocycles. The van der Waals surface area contributed by atoms with Crippen LogP contribution in [0.25, 0.3) is 0 Å². The van der Waals surface area contributed by atoms with Gasteiger partial charge in [-0.05, 0) is 32.1 Å². The summed E-state index contributed by atoms with van der Waals surface area (Å²) in [5, 5.41) is 16.9. The fraction of sp³-hybridized carbons (Fsp3) is 0.714. The van der Waals surface area contributed by atoms with Crippen LogP contribution < -0.4 is 0 Å². The molecule has 1 N–H and O–H groups in total. The van der Waals surface area contributed by atoms with E-state index in [0.29, 0.717) is 5.69 Å². The Morgan fingerprint density at radius 3 is 2.43 bits per heavy atom. The van der Waals surface area contributed by atoms with E-state index in [4.69, 9.17) is 0 Å². The van der Waals surface area contributed by atoms with Gasteiger partial charge in [-0.2, -0.15) is 0 Å². The van der Waals surface area contributed by atoms with Crippen LogP contribution in [0.2, 0.25) is 0 Å². The Morgan fingerprint density at radius 2 is 1.86 bits per heavy atom. The molecule has 114 valence electrons. The van der Waals surface area contributed by atoms with Crippen molar-refractivity contribution < 1.29 is 14.7 Å². The second kappa shape index (κ2) is 5.83. The van der Waals surface area contributed by atoms with E-state index in [1.54, 1.807) is 0 Å². The lowest BCUT2D eigenvalue weighted by molar-refractivity contribution is -0.133. The number of nitrogens with zero attached hydrogens (tertiary/aromatic N) is 4. The third kappa shape index (κ3) is 2.77. The molecule has 1 saturated heterocycles. The van der Waals surface area contributed by atoms with E-state index in [9.17, 15) is 14.7 Å². The fourth-order valence-corrected chi connectivity index (χ4v) is 3.05. The van der Waals surface area contributed by atoms with Crippen LogP contribution >= 0.6 is 0 Å². The summed E-state index contributed by atoms with van der Waals surface area (Å²) in [7, 11) is 0. The van der Waals surface area contributed by atoms with E-state index < -0.39 is 5.97 Å². The molecule has 0 unspecified atom stereocenters. The van der Waals surface area contributed by atoms with Gasteiger partial charge in [0.2, 0.25) is 5.91 Å². The Hall–Kier alpha value is -1.92. The predicted octanol–water partition coefficient (Wildman–Crippen LogP) is 1.26. The number of amides is 1. The second-order valence-corrected chi connectivity index (χ2v) is 5.86. The average Bonchev–Trinajstić information content (AvgIpc) is 2.82. The monoisotopic (exact) mass is 292 g/mol. The Balaban J connectivity index is 1.78. The minimum Gasteiger partial charge on any atom is -0.476 e. The molecule has 0 radical (unpaired) electrons. The van der Waals surface area contributed by atoms with E-state index in [2.05, 4.69) is 10.3 Å². The lowest BCUT2D eigenvalue weighted by atomic mass is 9.82. The molecule has 1 aromatic heterocycles. The van der Waals surface area contributed by atoms with Gasteiger partial charge in [0.1, 0.15) is 6.54 Å². The highest BCUT2D eigenvalue weighted by molar-refractivity contribution is 5.87. The van der Waals surface area contributed by atoms with Crippen molar-refractivity contribution in [2.24, 2.45) is 0 Å². The first kappa shape index (κ1) is 14.0. The number of piperidine rings is 1. The molecule has 1 aromatic rings. The van der Waals surface area contributed by atoms with E-state index in [-0.39, 0.29) is 24.1 Å². The largest absolute Gasteiger partial charge is 0.476 e. The molecule has 0 spiro atoms. The van der Waals surface area contributed by atoms with Crippen LogP contribution in [0.3, 0.4) is 0 Å². The zero-order valence-electron chi connectivity index (χ0n) is 12.0. The predicted molar refractivity (Wildman–Crippen MR) is 74.0 cm³/mol. The van der Waals surface area contributed by atoms with Crippen molar-refractivity contribution in [1.29, 1.82) is 0 Å². The Bertz CT molecular complexity index is 544. The van der Waals surface area contributed by atoms with Gasteiger partial charge < -0.3 is 10.0 Å². The quantitative estimate of drug-likeness (QED) is 0.902. The average molecular weight is 292 g/mol. The fourth-order valence-electron chi connectivity index (χ4n) is 3.05. The topological polar surface area (TPSA) is 88.3 Å². The third-order valence-corrected chi connectivity index (χ3v) is 4.46. The van der Waals surface area contributed by atoms with Crippen LogP contribution in [-0.4, -0.2) is 50.0 Å². The van der Waals surface area contributed by atoms with Gasteiger partial charge in [-0.1, -0.05) is 11.6 Å². The van der Waals surface area contributed by atoms with Gasteiger partial charge in [0.25, 0.3) is 0 Å². The number of hydrogen-bond donors (Lipinski definition) is 1. The van der Waals surface area contributed by atoms with Crippen molar-refractivity contribution in [2.45, 2.75) is 51.0 Å². The Morgan fingerprint density at radius 1 is 1.14 bits per heavy atom. The molecule has 1 amide bonds. The molecule has 1 aliphatic carbocycles. The molecule has 0 atom stereocenters. The number of carbonyl (C=O) groups is 2. The summed E-state index contributed by atoms with van der Waals surface area (Å²) < 4.78 is 1.50. The van der Waals surface area contributed by atoms with Crippen molar-refractivity contribution in [2.75, 3.05) is 13.1 Å². The van der Waals surface area contributed by atoms with Gasteiger partial charge in [0.05, 0.1) is 5.69 Å². The highest BCUT2D eigenvalue weighted by atomic mass is 16.4. The SMILES string of the molecule is O=C(O)c1nnn(CC(=O)N2CCCCC2)c1C1CCC1. The minimum atomic E-state index is -1.06. The van der Waals surface area contributed by atoms with Gasteiger partial charge in [0.15, 0.2) is 5.69 Å². The summed E-state index contributed by atoms with van der Waals surface area (Å²) in [6, 6.07) is 0. The second-order valence-electron chi connectivity index (χ2n) is 5.86. The zero-order chi connectivity index (χ0) is 14.8. The Labute approximate surface area is 122 Å². The summed E-state index contributed by atoms with van der Waals surface area (Å²) in [6.45, 7) is 1.68. The van der Waals surface area contributed by atoms with Crippen LogP contribution in [0.4, 0.5) is 0 Å². The first-order chi connectivity index (χ1) is 10.2. The summed E-state index contributed by atoms with van der Waals surface area (Å²) in [6.07, 6.45) is 6.24. The first-order valence-electron chi connectivity index (χ1n) is 7.61. The summed E-state index contributed by atoms with van der Waals surface area (Å²) >= 11 is 0. The molecule has 2 aliphatic rings. The number of aromatic carboxylic acids is 1. The van der Waals surface area contributed by atoms with Crippen molar-refractivity contribution in [3.63, 3.8) is 0 Å². The number of hydrogen-bond acceptors (Lipinski definition) is 4. The summed E-state index contributed by atoms with van der Waals surface area (Å²) in [5.41, 5.74) is 0.630. The maximum absolute atomic E-state index is 12.3. The van der Waals surface area contributed by atoms with Gasteiger partial charge in [-0.25, -0.2) is 9.48 Å². The first-order valence-corrected chi connectivity index (χ1v) is 7.61. The number of carboxylic acid groups (broad SMARTS) is 1. The van der Waals surface area contributed by atoms with Gasteiger partial charge in [0, 0.05) is 19.0 Å². The van der Waals surface area contributed by atoms with Crippen molar-refractivity contribution in [3.05, 3.63) is 11.4 Å². The van der Waals surface area contributed by atoms with Crippen LogP contribution in [0.5, 0.6) is 0 Å². The highest BCUT2D eigenvalue weighted by Gasteiger charge is 2.31. The highest BCUT2D eigenvalue weighted by Crippen LogP contribution is 2.37. The number of rotatable bonds is 4. The van der Waals surface area contributed by atoms with E-state index in [1.807, 2.05) is 4.90 Å². The zero-order valence-corrected chi connectivity index (χ0v) is 12.0. The van der Waals surface area contributed by atoms with Crippen molar-refractivity contribution in [1.82, 2.24) is 19.9 Å². The van der Waals surface area contributed by atoms with Gasteiger partial charge in [-0.3, -0.25) is 4.79 Å². The van der Waals surface area contributed by atoms with Crippen molar-refractivity contribution >= 4 is 11.9 Å². The number of carbonyl (C=O) groups excluding carboxylic acids is 1. The number of likely N-dealkylation sites (tertiary alicyclic amines) is 1. The molecular weight excluding hydrogens is 272 g/mol.